The summed E-state index contributed by atoms with van der Waals surface area (Å²) >= 11 is 0. The summed E-state index contributed by atoms with van der Waals surface area (Å²) in [5.41, 5.74) is -0.829. The minimum Gasteiger partial charge on any atom is -0.384 e. The van der Waals surface area contributed by atoms with Crippen LogP contribution in [0.5, 0.6) is 0 Å². The molecule has 3 rings (SSSR count). The Morgan fingerprint density at radius 2 is 2.04 bits per heavy atom. The molecule has 0 amide bonds. The smallest absolute Gasteiger partial charge is 0.384 e. The van der Waals surface area contributed by atoms with E-state index >= 15 is 0 Å². The maximum Gasteiger partial charge on any atom is 0.433 e. The Morgan fingerprint density at radius 1 is 1.33 bits per heavy atom. The molecular weight excluding hydrogens is 325 g/mol. The molecule has 3 heterocycles. The van der Waals surface area contributed by atoms with Crippen molar-refractivity contribution in [3.05, 3.63) is 34.0 Å². The van der Waals surface area contributed by atoms with E-state index in [2.05, 4.69) is 20.5 Å². The number of hydrogen-bond acceptors (Lipinski definition) is 4. The highest BCUT2D eigenvalue weighted by molar-refractivity contribution is 5.73. The van der Waals surface area contributed by atoms with Gasteiger partial charge in [-0.15, -0.1) is 0 Å². The minimum absolute atomic E-state index is 0.0211. The second-order valence-corrected chi connectivity index (χ2v) is 5.59. The second kappa shape index (κ2) is 5.39. The second-order valence-electron chi connectivity index (χ2n) is 5.59. The lowest BCUT2D eigenvalue weighted by molar-refractivity contribution is -0.140. The Morgan fingerprint density at radius 3 is 2.62 bits per heavy atom. The van der Waals surface area contributed by atoms with Gasteiger partial charge in [0.2, 0.25) is 0 Å². The zero-order chi connectivity index (χ0) is 17.6. The van der Waals surface area contributed by atoms with E-state index in [4.69, 9.17) is 0 Å². The van der Waals surface area contributed by atoms with Crippen LogP contribution in [0.15, 0.2) is 17.2 Å². The van der Waals surface area contributed by atoms with Crippen LogP contribution >= 0.6 is 0 Å². The average Bonchev–Trinajstić information content (AvgIpc) is 3.12. The van der Waals surface area contributed by atoms with Crippen LogP contribution in [-0.4, -0.2) is 31.8 Å². The molecule has 0 spiro atoms. The summed E-state index contributed by atoms with van der Waals surface area (Å²) in [7, 11) is 1.63. The topological polar surface area (TPSA) is 90.9 Å². The van der Waals surface area contributed by atoms with Crippen LogP contribution < -0.4 is 10.9 Å². The van der Waals surface area contributed by atoms with Gasteiger partial charge in [0.05, 0.1) is 23.1 Å². The Kier molecular flexibility index (Phi) is 3.61. The standard InChI is InChI=1S/C14H15F3N6O/c1-6(2)9-10(7-4-19-22-11(7)14(15,16)17)21-12-8(18-3)5-20-23(12)13(9)24/h4-6,18,20H,1-3H3,(H,19,22). The van der Waals surface area contributed by atoms with Crippen molar-refractivity contribution in [2.75, 3.05) is 12.4 Å². The molecule has 0 aromatic carbocycles. The number of nitrogens with zero attached hydrogens (tertiary/aromatic N) is 3. The maximum atomic E-state index is 13.2. The molecular formula is C14H15F3N6O. The van der Waals surface area contributed by atoms with E-state index in [1.165, 1.54) is 10.7 Å². The van der Waals surface area contributed by atoms with Crippen molar-refractivity contribution in [3.63, 3.8) is 0 Å². The normalized spacial score (nSPS) is 12.3. The number of aromatic amines is 2. The Balaban J connectivity index is 2.41. The number of nitrogens with one attached hydrogen (secondary N) is 3. The SMILES string of the molecule is CNc1c[nH]n2c(=O)c(C(C)C)c(-c3cn[nH]c3C(F)(F)F)nc12. The van der Waals surface area contributed by atoms with Crippen molar-refractivity contribution >= 4 is 11.3 Å². The average molecular weight is 340 g/mol. The fourth-order valence-electron chi connectivity index (χ4n) is 2.62. The molecule has 0 bridgehead atoms. The fraction of sp³-hybridized carbons (Fsp3) is 0.357. The lowest BCUT2D eigenvalue weighted by atomic mass is 9.98. The molecule has 0 unspecified atom stereocenters. The van der Waals surface area contributed by atoms with E-state index in [0.717, 1.165) is 6.20 Å². The first-order valence-corrected chi connectivity index (χ1v) is 7.18. The van der Waals surface area contributed by atoms with Gasteiger partial charge < -0.3 is 5.32 Å². The molecule has 0 aliphatic rings. The number of fused-ring (bicyclic) bond motifs is 1. The van der Waals surface area contributed by atoms with E-state index in [0.29, 0.717) is 5.69 Å². The monoisotopic (exact) mass is 340 g/mol. The number of aromatic nitrogens is 5. The van der Waals surface area contributed by atoms with Crippen LogP contribution in [0.4, 0.5) is 18.9 Å². The summed E-state index contributed by atoms with van der Waals surface area (Å²) in [6.45, 7) is 3.45. The van der Waals surface area contributed by atoms with Crippen molar-refractivity contribution in [2.45, 2.75) is 25.9 Å². The van der Waals surface area contributed by atoms with Crippen LogP contribution in [0.3, 0.4) is 0 Å². The first-order valence-electron chi connectivity index (χ1n) is 7.18. The van der Waals surface area contributed by atoms with Gasteiger partial charge in [0, 0.05) is 18.8 Å². The first-order chi connectivity index (χ1) is 11.3. The predicted molar refractivity (Wildman–Crippen MR) is 82.0 cm³/mol. The third-order valence-electron chi connectivity index (χ3n) is 3.72. The highest BCUT2D eigenvalue weighted by atomic mass is 19.4. The number of anilines is 1. The quantitative estimate of drug-likeness (QED) is 0.683. The minimum atomic E-state index is -4.63. The third-order valence-corrected chi connectivity index (χ3v) is 3.72. The van der Waals surface area contributed by atoms with Gasteiger partial charge >= 0.3 is 6.18 Å². The highest BCUT2D eigenvalue weighted by Crippen LogP contribution is 2.37. The summed E-state index contributed by atoms with van der Waals surface area (Å²) in [4.78, 5) is 17.0. The van der Waals surface area contributed by atoms with Gasteiger partial charge in [-0.1, -0.05) is 13.8 Å². The summed E-state index contributed by atoms with van der Waals surface area (Å²) in [5.74, 6) is -0.325. The largest absolute Gasteiger partial charge is 0.433 e. The van der Waals surface area contributed by atoms with Crippen LogP contribution in [0.1, 0.15) is 31.0 Å². The van der Waals surface area contributed by atoms with Crippen LogP contribution in [0, 0.1) is 0 Å². The Bertz CT molecular complexity index is 950. The molecule has 0 atom stereocenters. The van der Waals surface area contributed by atoms with Crippen molar-refractivity contribution in [2.24, 2.45) is 0 Å². The molecule has 3 aromatic heterocycles. The number of H-pyrrole nitrogens is 2. The summed E-state index contributed by atoms with van der Waals surface area (Å²) in [6.07, 6.45) is -2.06. The molecule has 0 aliphatic carbocycles. The fourth-order valence-corrected chi connectivity index (χ4v) is 2.62. The molecule has 3 aromatic rings. The number of hydrogen-bond donors (Lipinski definition) is 3. The van der Waals surface area contributed by atoms with Gasteiger partial charge in [-0.05, 0) is 5.92 Å². The van der Waals surface area contributed by atoms with E-state index in [-0.39, 0.29) is 28.4 Å². The zero-order valence-electron chi connectivity index (χ0n) is 13.1. The molecule has 7 nitrogen and oxygen atoms in total. The van der Waals surface area contributed by atoms with Gasteiger partial charge in [-0.25, -0.2) is 4.98 Å². The maximum absolute atomic E-state index is 13.2. The number of alkyl halides is 3. The third kappa shape index (κ3) is 2.34. The summed E-state index contributed by atoms with van der Waals surface area (Å²) in [6, 6.07) is 0. The van der Waals surface area contributed by atoms with Crippen molar-refractivity contribution in [3.8, 4) is 11.3 Å². The zero-order valence-corrected chi connectivity index (χ0v) is 13.1. The molecule has 0 radical (unpaired) electrons. The van der Waals surface area contributed by atoms with E-state index in [1.807, 2.05) is 5.10 Å². The van der Waals surface area contributed by atoms with E-state index < -0.39 is 17.4 Å². The number of halogens is 3. The Labute approximate surface area is 133 Å². The van der Waals surface area contributed by atoms with E-state index in [1.54, 1.807) is 20.9 Å². The molecule has 128 valence electrons. The van der Waals surface area contributed by atoms with Crippen LogP contribution in [0.2, 0.25) is 0 Å². The van der Waals surface area contributed by atoms with Gasteiger partial charge in [-0.3, -0.25) is 15.0 Å². The highest BCUT2D eigenvalue weighted by Gasteiger charge is 2.37. The molecule has 3 N–H and O–H groups in total. The van der Waals surface area contributed by atoms with Gasteiger partial charge in [0.1, 0.15) is 5.69 Å². The van der Waals surface area contributed by atoms with Gasteiger partial charge in [-0.2, -0.15) is 22.8 Å². The van der Waals surface area contributed by atoms with Gasteiger partial charge in [0.15, 0.2) is 5.65 Å². The van der Waals surface area contributed by atoms with E-state index in [9.17, 15) is 18.0 Å². The lowest BCUT2D eigenvalue weighted by Gasteiger charge is -2.13. The van der Waals surface area contributed by atoms with Crippen molar-refractivity contribution in [1.29, 1.82) is 0 Å². The number of rotatable bonds is 3. The molecule has 0 aliphatic heterocycles. The van der Waals surface area contributed by atoms with Crippen LogP contribution in [0.25, 0.3) is 16.9 Å². The van der Waals surface area contributed by atoms with Crippen molar-refractivity contribution < 1.29 is 13.2 Å². The first kappa shape index (κ1) is 16.1. The summed E-state index contributed by atoms with van der Waals surface area (Å²) in [5, 5.41) is 11.0. The molecule has 10 heteroatoms. The summed E-state index contributed by atoms with van der Waals surface area (Å²) < 4.78 is 40.8. The lowest BCUT2D eigenvalue weighted by Crippen LogP contribution is -2.23. The molecule has 0 saturated carbocycles. The Hall–Kier alpha value is -2.78. The predicted octanol–water partition coefficient (Wildman–Crippen LogP) is 2.60. The molecule has 0 saturated heterocycles. The van der Waals surface area contributed by atoms with Crippen molar-refractivity contribution in [1.82, 2.24) is 24.8 Å². The van der Waals surface area contributed by atoms with Gasteiger partial charge in [0.25, 0.3) is 5.56 Å². The molecule has 0 fully saturated rings. The molecule has 24 heavy (non-hydrogen) atoms. The van der Waals surface area contributed by atoms with Crippen LogP contribution in [-0.2, 0) is 6.18 Å².